The second kappa shape index (κ2) is 7.98. The number of amides is 2. The summed E-state index contributed by atoms with van der Waals surface area (Å²) in [6, 6.07) is 10.6. The fraction of sp³-hybridized carbons (Fsp3) is 0.158. The van der Waals surface area contributed by atoms with Gasteiger partial charge >= 0.3 is 12.0 Å². The fourth-order valence-electron chi connectivity index (χ4n) is 2.60. The van der Waals surface area contributed by atoms with Crippen molar-refractivity contribution < 1.29 is 19.1 Å². The highest BCUT2D eigenvalue weighted by Crippen LogP contribution is 2.39. The Balaban J connectivity index is 1.83. The number of hydrogen-bond acceptors (Lipinski definition) is 5. The molecule has 0 bridgehead atoms. The molecular formula is C19H17BrN2O4S. The number of hydrogen-bond donors (Lipinski definition) is 2. The van der Waals surface area contributed by atoms with Gasteiger partial charge in [-0.05, 0) is 48.9 Å². The standard InChI is InChI=1S/C19H17BrN2O4S/c1-10-8-11(4-6-14(10)20)21-19(24)22-12-5-7-15-13(9-12)16(25-2)17(27-15)18(23)26-3/h4-9H,1-3H3,(H2,21,22,24). The largest absolute Gasteiger partial charge is 0.494 e. The first-order valence-electron chi connectivity index (χ1n) is 7.96. The monoisotopic (exact) mass is 448 g/mol. The van der Waals surface area contributed by atoms with E-state index in [4.69, 9.17) is 9.47 Å². The van der Waals surface area contributed by atoms with Gasteiger partial charge in [0.05, 0.1) is 14.2 Å². The quantitative estimate of drug-likeness (QED) is 0.522. The van der Waals surface area contributed by atoms with Crippen LogP contribution in [0.1, 0.15) is 15.2 Å². The zero-order chi connectivity index (χ0) is 19.6. The van der Waals surface area contributed by atoms with E-state index in [9.17, 15) is 9.59 Å². The molecule has 3 rings (SSSR count). The summed E-state index contributed by atoms with van der Waals surface area (Å²) >= 11 is 4.71. The van der Waals surface area contributed by atoms with Gasteiger partial charge < -0.3 is 20.1 Å². The van der Waals surface area contributed by atoms with Crippen molar-refractivity contribution in [2.75, 3.05) is 24.9 Å². The Kier molecular flexibility index (Phi) is 5.67. The number of esters is 1. The summed E-state index contributed by atoms with van der Waals surface area (Å²) in [6.45, 7) is 1.95. The van der Waals surface area contributed by atoms with Gasteiger partial charge in [0.1, 0.15) is 0 Å². The molecule has 0 aliphatic heterocycles. The summed E-state index contributed by atoms with van der Waals surface area (Å²) in [6.07, 6.45) is 0. The summed E-state index contributed by atoms with van der Waals surface area (Å²) in [7, 11) is 2.82. The Morgan fingerprint density at radius 3 is 2.33 bits per heavy atom. The third kappa shape index (κ3) is 4.06. The molecule has 3 aromatic rings. The van der Waals surface area contributed by atoms with Crippen LogP contribution in [-0.4, -0.2) is 26.2 Å². The van der Waals surface area contributed by atoms with E-state index in [0.29, 0.717) is 22.0 Å². The van der Waals surface area contributed by atoms with Gasteiger partial charge in [0.2, 0.25) is 0 Å². The molecule has 6 nitrogen and oxygen atoms in total. The zero-order valence-electron chi connectivity index (χ0n) is 14.9. The van der Waals surface area contributed by atoms with Crippen LogP contribution in [0.25, 0.3) is 10.1 Å². The number of carbonyl (C=O) groups excluding carboxylic acids is 2. The van der Waals surface area contributed by atoms with Crippen molar-refractivity contribution in [2.45, 2.75) is 6.92 Å². The van der Waals surface area contributed by atoms with Gasteiger partial charge in [-0.3, -0.25) is 0 Å². The summed E-state index contributed by atoms with van der Waals surface area (Å²) in [5.74, 6) is -0.0136. The molecule has 27 heavy (non-hydrogen) atoms. The number of nitrogens with one attached hydrogen (secondary N) is 2. The summed E-state index contributed by atoms with van der Waals surface area (Å²) in [5.41, 5.74) is 2.30. The third-order valence-corrected chi connectivity index (χ3v) is 5.91. The van der Waals surface area contributed by atoms with Crippen molar-refractivity contribution in [3.63, 3.8) is 0 Å². The lowest BCUT2D eigenvalue weighted by Gasteiger charge is -2.09. The number of halogens is 1. The molecule has 0 aliphatic rings. The minimum atomic E-state index is -0.453. The van der Waals surface area contributed by atoms with E-state index >= 15 is 0 Å². The predicted octanol–water partition coefficient (Wildman–Crippen LogP) is 5.41. The first-order valence-corrected chi connectivity index (χ1v) is 9.57. The van der Waals surface area contributed by atoms with Gasteiger partial charge in [0.25, 0.3) is 0 Å². The molecule has 2 amide bonds. The van der Waals surface area contributed by atoms with Crippen LogP contribution < -0.4 is 15.4 Å². The number of urea groups is 1. The van der Waals surface area contributed by atoms with Gasteiger partial charge in [-0.2, -0.15) is 0 Å². The molecule has 0 radical (unpaired) electrons. The molecular weight excluding hydrogens is 432 g/mol. The minimum Gasteiger partial charge on any atom is -0.494 e. The Bertz CT molecular complexity index is 1030. The van der Waals surface area contributed by atoms with E-state index in [1.54, 1.807) is 12.1 Å². The fourth-order valence-corrected chi connectivity index (χ4v) is 3.92. The average Bonchev–Trinajstić information content (AvgIpc) is 3.01. The summed E-state index contributed by atoms with van der Waals surface area (Å²) in [5, 5.41) is 6.32. The van der Waals surface area contributed by atoms with Gasteiger partial charge in [0.15, 0.2) is 10.6 Å². The first kappa shape index (κ1) is 19.2. The number of methoxy groups -OCH3 is 2. The Labute approximate surface area is 168 Å². The molecule has 2 aromatic carbocycles. The van der Waals surface area contributed by atoms with E-state index < -0.39 is 5.97 Å². The van der Waals surface area contributed by atoms with Crippen LogP contribution in [0.5, 0.6) is 5.75 Å². The van der Waals surface area contributed by atoms with Crippen LogP contribution in [0.3, 0.4) is 0 Å². The molecule has 140 valence electrons. The number of aryl methyl sites for hydroxylation is 1. The maximum absolute atomic E-state index is 12.3. The zero-order valence-corrected chi connectivity index (χ0v) is 17.3. The molecule has 1 heterocycles. The molecule has 0 fully saturated rings. The van der Waals surface area contributed by atoms with Crippen LogP contribution in [0.4, 0.5) is 16.2 Å². The molecule has 8 heteroatoms. The molecule has 0 unspecified atom stereocenters. The lowest BCUT2D eigenvalue weighted by Crippen LogP contribution is -2.19. The van der Waals surface area contributed by atoms with E-state index in [1.165, 1.54) is 25.6 Å². The predicted molar refractivity (Wildman–Crippen MR) is 111 cm³/mol. The van der Waals surface area contributed by atoms with Crippen LogP contribution in [0.15, 0.2) is 40.9 Å². The number of anilines is 2. The Morgan fingerprint density at radius 1 is 1.04 bits per heavy atom. The lowest BCUT2D eigenvalue weighted by molar-refractivity contribution is 0.0603. The minimum absolute atomic E-state index is 0.363. The number of fused-ring (bicyclic) bond motifs is 1. The second-order valence-corrected chi connectivity index (χ2v) is 7.62. The Morgan fingerprint density at radius 2 is 1.70 bits per heavy atom. The molecule has 0 aliphatic carbocycles. The smallest absolute Gasteiger partial charge is 0.351 e. The molecule has 0 saturated heterocycles. The highest BCUT2D eigenvalue weighted by molar-refractivity contribution is 9.10. The highest BCUT2D eigenvalue weighted by atomic mass is 79.9. The van der Waals surface area contributed by atoms with E-state index in [2.05, 4.69) is 26.6 Å². The van der Waals surface area contributed by atoms with Crippen molar-refractivity contribution in [3.05, 3.63) is 51.3 Å². The maximum atomic E-state index is 12.3. The topological polar surface area (TPSA) is 76.7 Å². The SMILES string of the molecule is COC(=O)c1sc2ccc(NC(=O)Nc3ccc(Br)c(C)c3)cc2c1OC. The van der Waals surface area contributed by atoms with Crippen molar-refractivity contribution in [2.24, 2.45) is 0 Å². The van der Waals surface area contributed by atoms with Crippen LogP contribution >= 0.6 is 27.3 Å². The van der Waals surface area contributed by atoms with Crippen LogP contribution in [-0.2, 0) is 4.74 Å². The molecule has 0 saturated carbocycles. The molecule has 1 aromatic heterocycles. The number of rotatable bonds is 4. The van der Waals surface area contributed by atoms with E-state index in [-0.39, 0.29) is 6.03 Å². The number of ether oxygens (including phenoxy) is 2. The number of thiophene rings is 1. The normalized spacial score (nSPS) is 10.5. The van der Waals surface area contributed by atoms with Crippen molar-refractivity contribution in [1.82, 2.24) is 0 Å². The third-order valence-electron chi connectivity index (χ3n) is 3.89. The maximum Gasteiger partial charge on any atom is 0.351 e. The van der Waals surface area contributed by atoms with E-state index in [0.717, 1.165) is 20.1 Å². The molecule has 0 spiro atoms. The number of benzene rings is 2. The van der Waals surface area contributed by atoms with Gasteiger partial charge in [0, 0.05) is 25.9 Å². The van der Waals surface area contributed by atoms with Crippen LogP contribution in [0, 0.1) is 6.92 Å². The molecule has 0 atom stereocenters. The van der Waals surface area contributed by atoms with Crippen LogP contribution in [0.2, 0.25) is 0 Å². The highest BCUT2D eigenvalue weighted by Gasteiger charge is 2.20. The van der Waals surface area contributed by atoms with Gasteiger partial charge in [-0.15, -0.1) is 11.3 Å². The average molecular weight is 449 g/mol. The lowest BCUT2D eigenvalue weighted by atomic mass is 10.2. The van der Waals surface area contributed by atoms with Crippen molar-refractivity contribution in [1.29, 1.82) is 0 Å². The van der Waals surface area contributed by atoms with Crippen molar-refractivity contribution >= 4 is 60.7 Å². The van der Waals surface area contributed by atoms with Gasteiger partial charge in [-0.1, -0.05) is 15.9 Å². The van der Waals surface area contributed by atoms with Crippen molar-refractivity contribution in [3.8, 4) is 5.75 Å². The summed E-state index contributed by atoms with van der Waals surface area (Å²) in [4.78, 5) is 24.6. The summed E-state index contributed by atoms with van der Waals surface area (Å²) < 4.78 is 12.0. The number of carbonyl (C=O) groups is 2. The van der Waals surface area contributed by atoms with Gasteiger partial charge in [-0.25, -0.2) is 9.59 Å². The molecule has 2 N–H and O–H groups in total. The van der Waals surface area contributed by atoms with E-state index in [1.807, 2.05) is 31.2 Å². The first-order chi connectivity index (χ1) is 12.9. The second-order valence-electron chi connectivity index (χ2n) is 5.71. The Hall–Kier alpha value is -2.58.